The van der Waals surface area contributed by atoms with Gasteiger partial charge in [0.1, 0.15) is 30.3 Å². The van der Waals surface area contributed by atoms with E-state index in [1.807, 2.05) is 13.8 Å². The molecule has 1 fully saturated rings. The standard InChI is InChI=1S/C19H19FN4O4S/c1-11-12(2)29-19-17(11)18(21-16(22-19)10-23-5-7-27-8-6-23)28-15-9-13(20)3-4-14(15)24(25)26/h3-4,9H,5-8,10H2,1-2H3/p+1. The highest BCUT2D eigenvalue weighted by Crippen LogP contribution is 2.38. The molecule has 29 heavy (non-hydrogen) atoms. The second kappa shape index (κ2) is 7.97. The Morgan fingerprint density at radius 1 is 1.31 bits per heavy atom. The number of nitro groups is 1. The minimum atomic E-state index is -0.618. The summed E-state index contributed by atoms with van der Waals surface area (Å²) in [5.41, 5.74) is 0.632. The second-order valence-electron chi connectivity index (χ2n) is 6.92. The lowest BCUT2D eigenvalue weighted by Crippen LogP contribution is -3.12. The molecule has 1 aliphatic heterocycles. The summed E-state index contributed by atoms with van der Waals surface area (Å²) in [6.07, 6.45) is 0. The molecule has 152 valence electrons. The maximum atomic E-state index is 13.8. The number of benzene rings is 1. The summed E-state index contributed by atoms with van der Waals surface area (Å²) in [6, 6.07) is 3.13. The molecule has 0 spiro atoms. The lowest BCUT2D eigenvalue weighted by molar-refractivity contribution is -0.922. The fourth-order valence-corrected chi connectivity index (χ4v) is 4.33. The Balaban J connectivity index is 1.78. The fraction of sp³-hybridized carbons (Fsp3) is 0.368. The lowest BCUT2D eigenvalue weighted by atomic mass is 10.2. The Morgan fingerprint density at radius 2 is 2.07 bits per heavy atom. The molecule has 3 aromatic rings. The minimum Gasteiger partial charge on any atom is -0.431 e. The number of thiophene rings is 1. The minimum absolute atomic E-state index is 0.178. The molecule has 0 unspecified atom stereocenters. The van der Waals surface area contributed by atoms with Crippen LogP contribution in [0.2, 0.25) is 0 Å². The molecule has 2 aromatic heterocycles. The Kier molecular flexibility index (Phi) is 5.39. The summed E-state index contributed by atoms with van der Waals surface area (Å²) in [4.78, 5) is 23.1. The van der Waals surface area contributed by atoms with Crippen molar-refractivity contribution in [1.29, 1.82) is 0 Å². The molecule has 0 atom stereocenters. The van der Waals surface area contributed by atoms with Gasteiger partial charge in [-0.2, -0.15) is 4.98 Å². The first-order valence-electron chi connectivity index (χ1n) is 9.22. The zero-order valence-corrected chi connectivity index (χ0v) is 16.8. The number of morpholine rings is 1. The third kappa shape index (κ3) is 4.04. The normalized spacial score (nSPS) is 15.0. The Hall–Kier alpha value is -2.69. The Labute approximate surface area is 170 Å². The molecule has 4 rings (SSSR count). The molecule has 0 aliphatic carbocycles. The van der Waals surface area contributed by atoms with Crippen LogP contribution in [-0.2, 0) is 11.3 Å². The van der Waals surface area contributed by atoms with Crippen LogP contribution in [0, 0.1) is 29.8 Å². The van der Waals surface area contributed by atoms with Crippen LogP contribution in [0.5, 0.6) is 11.6 Å². The number of ether oxygens (including phenoxy) is 2. The first-order valence-corrected chi connectivity index (χ1v) is 10.0. The van der Waals surface area contributed by atoms with E-state index < -0.39 is 10.7 Å². The van der Waals surface area contributed by atoms with E-state index in [1.165, 1.54) is 16.2 Å². The average Bonchev–Trinajstić information content (AvgIpc) is 2.96. The topological polar surface area (TPSA) is 91.8 Å². The summed E-state index contributed by atoms with van der Waals surface area (Å²) >= 11 is 1.52. The van der Waals surface area contributed by atoms with Gasteiger partial charge in [0, 0.05) is 17.0 Å². The molecule has 0 amide bonds. The monoisotopic (exact) mass is 419 g/mol. The van der Waals surface area contributed by atoms with Crippen LogP contribution in [0.3, 0.4) is 0 Å². The summed E-state index contributed by atoms with van der Waals surface area (Å²) in [5.74, 6) is 0.00736. The maximum absolute atomic E-state index is 13.8. The van der Waals surface area contributed by atoms with Crippen molar-refractivity contribution in [3.63, 3.8) is 0 Å². The molecule has 1 aromatic carbocycles. The number of hydrogen-bond donors (Lipinski definition) is 1. The third-order valence-corrected chi connectivity index (χ3v) is 6.08. The van der Waals surface area contributed by atoms with Crippen molar-refractivity contribution in [3.8, 4) is 11.6 Å². The van der Waals surface area contributed by atoms with Crippen molar-refractivity contribution in [2.24, 2.45) is 0 Å². The van der Waals surface area contributed by atoms with Gasteiger partial charge in [-0.25, -0.2) is 9.37 Å². The first kappa shape index (κ1) is 19.6. The second-order valence-corrected chi connectivity index (χ2v) is 8.12. The summed E-state index contributed by atoms with van der Waals surface area (Å²) in [5, 5.41) is 12.0. The van der Waals surface area contributed by atoms with Crippen molar-refractivity contribution in [2.75, 3.05) is 26.3 Å². The van der Waals surface area contributed by atoms with Gasteiger partial charge in [0.15, 0.2) is 5.82 Å². The number of rotatable bonds is 5. The predicted molar refractivity (Wildman–Crippen MR) is 105 cm³/mol. The number of nitrogens with zero attached hydrogens (tertiary/aromatic N) is 3. The van der Waals surface area contributed by atoms with E-state index in [9.17, 15) is 14.5 Å². The zero-order valence-electron chi connectivity index (χ0n) is 16.0. The van der Waals surface area contributed by atoms with Gasteiger partial charge in [0.05, 0.1) is 23.5 Å². The molecule has 0 radical (unpaired) electrons. The van der Waals surface area contributed by atoms with E-state index in [1.54, 1.807) is 0 Å². The molecular formula is C19H20FN4O4S+. The van der Waals surface area contributed by atoms with Crippen LogP contribution in [0.15, 0.2) is 18.2 Å². The van der Waals surface area contributed by atoms with E-state index >= 15 is 0 Å². The SMILES string of the molecule is Cc1sc2nc(C[NH+]3CCOCC3)nc(Oc3cc(F)ccc3[N+](=O)[O-])c2c1C. The van der Waals surface area contributed by atoms with Crippen molar-refractivity contribution < 1.29 is 23.7 Å². The molecule has 0 saturated carbocycles. The highest BCUT2D eigenvalue weighted by molar-refractivity contribution is 7.18. The number of nitro benzene ring substituents is 1. The molecule has 0 bridgehead atoms. The van der Waals surface area contributed by atoms with Crippen LogP contribution in [-0.4, -0.2) is 41.2 Å². The van der Waals surface area contributed by atoms with Gasteiger partial charge in [-0.15, -0.1) is 11.3 Å². The Bertz CT molecular complexity index is 1080. The van der Waals surface area contributed by atoms with Gasteiger partial charge in [0.2, 0.25) is 11.6 Å². The number of aromatic nitrogens is 2. The Morgan fingerprint density at radius 3 is 2.79 bits per heavy atom. The van der Waals surface area contributed by atoms with Crippen molar-refractivity contribution in [3.05, 3.63) is 50.4 Å². The summed E-state index contributed by atoms with van der Waals surface area (Å²) in [7, 11) is 0. The quantitative estimate of drug-likeness (QED) is 0.505. The van der Waals surface area contributed by atoms with Crippen LogP contribution in [0.4, 0.5) is 10.1 Å². The van der Waals surface area contributed by atoms with E-state index in [0.29, 0.717) is 31.0 Å². The predicted octanol–water partition coefficient (Wildman–Crippen LogP) is 2.56. The lowest BCUT2D eigenvalue weighted by Gasteiger charge is -2.23. The van der Waals surface area contributed by atoms with Gasteiger partial charge >= 0.3 is 5.69 Å². The number of quaternary nitrogens is 1. The number of nitrogens with one attached hydrogen (secondary N) is 1. The van der Waals surface area contributed by atoms with Gasteiger partial charge in [-0.3, -0.25) is 10.1 Å². The highest BCUT2D eigenvalue weighted by atomic mass is 32.1. The summed E-state index contributed by atoms with van der Waals surface area (Å²) in [6.45, 7) is 7.59. The van der Waals surface area contributed by atoms with Gasteiger partial charge in [0.25, 0.3) is 0 Å². The third-order valence-electron chi connectivity index (χ3n) is 4.97. The van der Waals surface area contributed by atoms with Crippen LogP contribution >= 0.6 is 11.3 Å². The summed E-state index contributed by atoms with van der Waals surface area (Å²) < 4.78 is 25.0. The first-order chi connectivity index (χ1) is 13.9. The maximum Gasteiger partial charge on any atom is 0.311 e. The van der Waals surface area contributed by atoms with Crippen molar-refractivity contribution in [1.82, 2.24) is 9.97 Å². The van der Waals surface area contributed by atoms with E-state index in [-0.39, 0.29) is 17.3 Å². The van der Waals surface area contributed by atoms with E-state index in [0.717, 1.165) is 46.6 Å². The molecule has 1 aliphatic rings. The van der Waals surface area contributed by atoms with Crippen LogP contribution in [0.1, 0.15) is 16.3 Å². The molecule has 1 N–H and O–H groups in total. The zero-order chi connectivity index (χ0) is 20.5. The average molecular weight is 419 g/mol. The van der Waals surface area contributed by atoms with E-state index in [4.69, 9.17) is 9.47 Å². The molecular weight excluding hydrogens is 399 g/mol. The molecule has 1 saturated heterocycles. The fourth-order valence-electron chi connectivity index (χ4n) is 3.29. The van der Waals surface area contributed by atoms with Crippen molar-refractivity contribution in [2.45, 2.75) is 20.4 Å². The molecule has 10 heteroatoms. The van der Waals surface area contributed by atoms with Crippen LogP contribution < -0.4 is 9.64 Å². The largest absolute Gasteiger partial charge is 0.431 e. The smallest absolute Gasteiger partial charge is 0.311 e. The number of halogens is 1. The number of hydrogen-bond acceptors (Lipinski definition) is 7. The van der Waals surface area contributed by atoms with Gasteiger partial charge in [-0.1, -0.05) is 0 Å². The van der Waals surface area contributed by atoms with Crippen LogP contribution in [0.25, 0.3) is 10.2 Å². The molecule has 3 heterocycles. The number of fused-ring (bicyclic) bond motifs is 1. The number of aryl methyl sites for hydroxylation is 2. The molecule has 8 nitrogen and oxygen atoms in total. The van der Waals surface area contributed by atoms with Gasteiger partial charge in [-0.05, 0) is 25.5 Å². The van der Waals surface area contributed by atoms with E-state index in [2.05, 4.69) is 9.97 Å². The van der Waals surface area contributed by atoms with Crippen molar-refractivity contribution >= 4 is 27.2 Å². The highest BCUT2D eigenvalue weighted by Gasteiger charge is 2.23. The van der Waals surface area contributed by atoms with Gasteiger partial charge < -0.3 is 14.4 Å².